The van der Waals surface area contributed by atoms with Gasteiger partial charge < -0.3 is 24.5 Å². The van der Waals surface area contributed by atoms with E-state index in [9.17, 15) is 24.9 Å². The van der Waals surface area contributed by atoms with E-state index in [1.165, 1.54) is 13.0 Å². The van der Waals surface area contributed by atoms with Gasteiger partial charge in [-0.05, 0) is 44.7 Å². The lowest BCUT2D eigenvalue weighted by atomic mass is 9.88. The number of carboxylic acid groups (broad SMARTS) is 1. The molecule has 0 aliphatic carbocycles. The number of aliphatic hydroxyl groups excluding tert-OH is 1. The minimum atomic E-state index is -1.68. The van der Waals surface area contributed by atoms with Gasteiger partial charge in [-0.2, -0.15) is 0 Å². The number of carbonyl (C=O) groups excluding carboxylic acids is 1. The molecular weight excluding hydrogens is 352 g/mol. The number of hydrogen-bond donors (Lipinski definition) is 3. The number of rotatable bonds is 2. The number of fused-ring (bicyclic) bond motifs is 3. The van der Waals surface area contributed by atoms with Crippen molar-refractivity contribution in [1.29, 1.82) is 0 Å². The highest BCUT2D eigenvalue weighted by atomic mass is 16.5. The van der Waals surface area contributed by atoms with E-state index < -0.39 is 29.7 Å². The first-order valence-electron chi connectivity index (χ1n) is 8.92. The lowest BCUT2D eigenvalue weighted by Crippen LogP contribution is -2.36. The summed E-state index contributed by atoms with van der Waals surface area (Å²) in [6.45, 7) is 7.21. The number of carboxylic acids is 1. The van der Waals surface area contributed by atoms with Gasteiger partial charge in [0.1, 0.15) is 29.3 Å². The topological polar surface area (TPSA) is 117 Å². The molecule has 4 atom stereocenters. The van der Waals surface area contributed by atoms with Crippen LogP contribution in [-0.4, -0.2) is 39.0 Å². The second-order valence-corrected chi connectivity index (χ2v) is 7.68. The average Bonchev–Trinajstić information content (AvgIpc) is 3.13. The Labute approximate surface area is 156 Å². The van der Waals surface area contributed by atoms with E-state index in [0.717, 1.165) is 5.57 Å². The van der Waals surface area contributed by atoms with Crippen molar-refractivity contribution < 1.29 is 34.1 Å². The van der Waals surface area contributed by atoms with Gasteiger partial charge in [0.05, 0.1) is 5.60 Å². The van der Waals surface area contributed by atoms with Gasteiger partial charge in [0, 0.05) is 18.4 Å². The summed E-state index contributed by atoms with van der Waals surface area (Å²) >= 11 is 0. The summed E-state index contributed by atoms with van der Waals surface area (Å²) in [7, 11) is 0. The zero-order valence-corrected chi connectivity index (χ0v) is 15.4. The van der Waals surface area contributed by atoms with Crippen LogP contribution in [0.15, 0.2) is 34.3 Å². The highest BCUT2D eigenvalue weighted by Gasteiger charge is 2.40. The molecule has 7 nitrogen and oxygen atoms in total. The average molecular weight is 376 g/mol. The van der Waals surface area contributed by atoms with Gasteiger partial charge in [-0.15, -0.1) is 0 Å². The largest absolute Gasteiger partial charge is 0.478 e. The van der Waals surface area contributed by atoms with E-state index in [0.29, 0.717) is 18.4 Å². The molecular formula is C20H24O7. The summed E-state index contributed by atoms with van der Waals surface area (Å²) in [5.41, 5.74) is -0.356. The number of aliphatic hydroxyl groups is 2. The zero-order chi connectivity index (χ0) is 19.9. The van der Waals surface area contributed by atoms with Gasteiger partial charge in [0.25, 0.3) is 0 Å². The Kier molecular flexibility index (Phi) is 5.01. The Balaban J connectivity index is 2.05. The van der Waals surface area contributed by atoms with Crippen LogP contribution in [0.5, 0.6) is 0 Å². The fourth-order valence-electron chi connectivity index (χ4n) is 3.64. The number of hydrogen-bond acceptors (Lipinski definition) is 6. The van der Waals surface area contributed by atoms with Crippen molar-refractivity contribution in [3.05, 3.63) is 47.0 Å². The van der Waals surface area contributed by atoms with Gasteiger partial charge in [-0.1, -0.05) is 12.2 Å². The maximum Gasteiger partial charge on any atom is 0.339 e. The van der Waals surface area contributed by atoms with Crippen LogP contribution in [0.3, 0.4) is 0 Å². The first-order valence-corrected chi connectivity index (χ1v) is 8.92. The number of ether oxygens (including phenoxy) is 1. The quantitative estimate of drug-likeness (QED) is 0.536. The predicted octanol–water partition coefficient (Wildman–Crippen LogP) is 2.53. The van der Waals surface area contributed by atoms with Crippen LogP contribution >= 0.6 is 0 Å². The number of furan rings is 1. The van der Waals surface area contributed by atoms with Crippen LogP contribution in [0.1, 0.15) is 61.1 Å². The lowest BCUT2D eigenvalue weighted by molar-refractivity contribution is -0.145. The standard InChI is InChI=1S/C20H24O7/c1-10(2)11-4-5-12-6-13(26-19(12)24)9-20(3,25)17(21)16-8-14(18(22)23)15(7-11)27-16/h6,8,11,13,17,21,25H,1,4-5,7,9H2,2-3H3,(H,22,23)/t11-,13-,17+,20+/m0/s1. The van der Waals surface area contributed by atoms with Crippen molar-refractivity contribution in [2.24, 2.45) is 5.92 Å². The summed E-state index contributed by atoms with van der Waals surface area (Å²) in [6.07, 6.45) is 0.833. The smallest absolute Gasteiger partial charge is 0.339 e. The summed E-state index contributed by atoms with van der Waals surface area (Å²) in [4.78, 5) is 23.7. The predicted molar refractivity (Wildman–Crippen MR) is 95.1 cm³/mol. The molecule has 7 heteroatoms. The van der Waals surface area contributed by atoms with E-state index in [-0.39, 0.29) is 35.8 Å². The highest BCUT2D eigenvalue weighted by Crippen LogP contribution is 2.37. The van der Waals surface area contributed by atoms with Crippen LogP contribution in [0, 0.1) is 5.92 Å². The second kappa shape index (κ2) is 6.98. The molecule has 2 aliphatic heterocycles. The Morgan fingerprint density at radius 1 is 1.41 bits per heavy atom. The lowest BCUT2D eigenvalue weighted by Gasteiger charge is -2.29. The monoisotopic (exact) mass is 376 g/mol. The SMILES string of the molecule is C=C(C)[C@H]1CCC2=C[C@@H](C[C@@](C)(O)[C@H](O)c3cc(C(=O)O)c(o3)C1)OC2=O. The molecule has 0 saturated heterocycles. The van der Waals surface area contributed by atoms with E-state index >= 15 is 0 Å². The highest BCUT2D eigenvalue weighted by molar-refractivity contribution is 5.91. The molecule has 0 saturated carbocycles. The van der Waals surface area contributed by atoms with Crippen molar-refractivity contribution in [3.63, 3.8) is 0 Å². The van der Waals surface area contributed by atoms with E-state index in [1.807, 2.05) is 6.92 Å². The fraction of sp³-hybridized carbons (Fsp3) is 0.500. The van der Waals surface area contributed by atoms with Crippen molar-refractivity contribution in [3.8, 4) is 0 Å². The first kappa shape index (κ1) is 19.4. The molecule has 0 unspecified atom stereocenters. The molecule has 1 aromatic heterocycles. The van der Waals surface area contributed by atoms with Crippen molar-refractivity contribution >= 4 is 11.9 Å². The minimum absolute atomic E-state index is 0.0272. The van der Waals surface area contributed by atoms with E-state index in [4.69, 9.17) is 9.15 Å². The van der Waals surface area contributed by atoms with E-state index in [1.54, 1.807) is 6.08 Å². The third-order valence-corrected chi connectivity index (χ3v) is 5.33. The van der Waals surface area contributed by atoms with Crippen LogP contribution in [0.4, 0.5) is 0 Å². The summed E-state index contributed by atoms with van der Waals surface area (Å²) in [6, 6.07) is 1.25. The molecule has 0 fully saturated rings. The molecule has 27 heavy (non-hydrogen) atoms. The fourth-order valence-corrected chi connectivity index (χ4v) is 3.64. The molecule has 146 valence electrons. The number of carbonyl (C=O) groups is 2. The molecule has 0 radical (unpaired) electrons. The van der Waals surface area contributed by atoms with Crippen LogP contribution < -0.4 is 0 Å². The molecule has 0 spiro atoms. The molecule has 3 N–H and O–H groups in total. The van der Waals surface area contributed by atoms with Crippen LogP contribution in [0.25, 0.3) is 0 Å². The number of allylic oxidation sites excluding steroid dienone is 1. The number of aromatic carboxylic acids is 1. The first-order chi connectivity index (χ1) is 12.6. The van der Waals surface area contributed by atoms with Crippen molar-refractivity contribution in [2.45, 2.75) is 57.3 Å². The third kappa shape index (κ3) is 3.84. The molecule has 0 amide bonds. The Hall–Kier alpha value is -2.38. The zero-order valence-electron chi connectivity index (χ0n) is 15.4. The van der Waals surface area contributed by atoms with Crippen molar-refractivity contribution in [1.82, 2.24) is 0 Å². The third-order valence-electron chi connectivity index (χ3n) is 5.33. The molecule has 0 aromatic carbocycles. The Morgan fingerprint density at radius 2 is 2.11 bits per heavy atom. The molecule has 3 heterocycles. The summed E-state index contributed by atoms with van der Waals surface area (Å²) < 4.78 is 11.0. The maximum atomic E-state index is 12.1. The normalized spacial score (nSPS) is 31.2. The maximum absolute atomic E-state index is 12.1. The summed E-state index contributed by atoms with van der Waals surface area (Å²) in [5.74, 6) is -1.50. The van der Waals surface area contributed by atoms with Gasteiger partial charge in [0.15, 0.2) is 0 Å². The van der Waals surface area contributed by atoms with Crippen molar-refractivity contribution in [2.75, 3.05) is 0 Å². The van der Waals surface area contributed by atoms with Crippen LogP contribution in [0.2, 0.25) is 0 Å². The molecule has 4 bridgehead atoms. The Bertz CT molecular complexity index is 814. The van der Waals surface area contributed by atoms with Crippen LogP contribution in [-0.2, 0) is 16.0 Å². The van der Waals surface area contributed by atoms with Gasteiger partial charge in [-0.3, -0.25) is 0 Å². The molecule has 2 aliphatic rings. The van der Waals surface area contributed by atoms with Gasteiger partial charge >= 0.3 is 11.9 Å². The second-order valence-electron chi connectivity index (χ2n) is 7.68. The number of esters is 1. The van der Waals surface area contributed by atoms with E-state index in [2.05, 4.69) is 6.58 Å². The Morgan fingerprint density at radius 3 is 2.74 bits per heavy atom. The minimum Gasteiger partial charge on any atom is -0.478 e. The molecule has 1 aromatic rings. The summed E-state index contributed by atoms with van der Waals surface area (Å²) in [5, 5.41) is 30.8. The molecule has 3 rings (SSSR count). The van der Waals surface area contributed by atoms with Gasteiger partial charge in [-0.25, -0.2) is 9.59 Å². The van der Waals surface area contributed by atoms with Gasteiger partial charge in [0.2, 0.25) is 0 Å².